The predicted octanol–water partition coefficient (Wildman–Crippen LogP) is 0.901. The lowest BCUT2D eigenvalue weighted by Crippen LogP contribution is -2.38. The van der Waals surface area contributed by atoms with Gasteiger partial charge in [-0.05, 0) is 6.42 Å². The number of aromatic amines is 1. The lowest BCUT2D eigenvalue weighted by atomic mass is 10.3. The Kier molecular flexibility index (Phi) is 3.80. The third-order valence-corrected chi connectivity index (χ3v) is 1.87. The Balaban J connectivity index is 2.51. The van der Waals surface area contributed by atoms with Crippen molar-refractivity contribution in [3.05, 3.63) is 18.2 Å². The fourth-order valence-corrected chi connectivity index (χ4v) is 1.25. The number of hydrogen-bond donors (Lipinski definition) is 1. The highest BCUT2D eigenvalue weighted by molar-refractivity contribution is 4.76. The second-order valence-electron chi connectivity index (χ2n) is 2.84. The van der Waals surface area contributed by atoms with E-state index in [1.165, 1.54) is 12.2 Å². The summed E-state index contributed by atoms with van der Waals surface area (Å²) in [5, 5.41) is 0. The first-order valence-corrected chi connectivity index (χ1v) is 4.43. The molecule has 0 aliphatic rings. The maximum absolute atomic E-state index is 5.01. The average molecular weight is 169 g/mol. The van der Waals surface area contributed by atoms with Crippen molar-refractivity contribution in [3.8, 4) is 0 Å². The number of aromatic nitrogens is 2. The lowest BCUT2D eigenvalue weighted by molar-refractivity contribution is -0.704. The van der Waals surface area contributed by atoms with Gasteiger partial charge in [0.1, 0.15) is 18.9 Å². The van der Waals surface area contributed by atoms with Gasteiger partial charge >= 0.3 is 0 Å². The summed E-state index contributed by atoms with van der Waals surface area (Å²) in [6.45, 7) is 3.90. The molecule has 1 aromatic rings. The van der Waals surface area contributed by atoms with Gasteiger partial charge < -0.3 is 4.74 Å². The van der Waals surface area contributed by atoms with Gasteiger partial charge in [-0.1, -0.05) is 6.92 Å². The highest BCUT2D eigenvalue weighted by Gasteiger charge is 2.07. The van der Waals surface area contributed by atoms with E-state index in [4.69, 9.17) is 4.74 Å². The first-order chi connectivity index (χ1) is 5.88. The summed E-state index contributed by atoms with van der Waals surface area (Å²) >= 11 is 0. The van der Waals surface area contributed by atoms with Crippen LogP contribution in [-0.4, -0.2) is 18.7 Å². The minimum Gasteiger partial charge on any atom is -0.381 e. The van der Waals surface area contributed by atoms with Crippen LogP contribution in [0.15, 0.2) is 12.4 Å². The fourth-order valence-electron chi connectivity index (χ4n) is 1.25. The summed E-state index contributed by atoms with van der Waals surface area (Å²) in [6.07, 6.45) is 6.31. The summed E-state index contributed by atoms with van der Waals surface area (Å²) in [5.41, 5.74) is 0. The topological polar surface area (TPSA) is 28.9 Å². The molecule has 0 aromatic carbocycles. The number of nitrogens with one attached hydrogen (secondary N) is 1. The number of aryl methyl sites for hydroxylation is 1. The van der Waals surface area contributed by atoms with E-state index in [9.17, 15) is 0 Å². The standard InChI is InChI=1S/C9H16N2O/c1-3-4-9-10-5-6-11(9)7-8-12-2/h5-6H,3-4,7-8H2,1-2H3/p+1. The molecular formula is C9H17N2O+. The molecule has 3 nitrogen and oxygen atoms in total. The molecule has 0 fully saturated rings. The third kappa shape index (κ3) is 2.34. The number of rotatable bonds is 5. The van der Waals surface area contributed by atoms with Gasteiger partial charge in [-0.25, -0.2) is 9.55 Å². The Morgan fingerprint density at radius 1 is 1.58 bits per heavy atom. The smallest absolute Gasteiger partial charge is 0.254 e. The largest absolute Gasteiger partial charge is 0.381 e. The van der Waals surface area contributed by atoms with Crippen LogP contribution < -0.4 is 4.57 Å². The van der Waals surface area contributed by atoms with E-state index in [1.54, 1.807) is 7.11 Å². The van der Waals surface area contributed by atoms with Crippen molar-refractivity contribution in [2.75, 3.05) is 13.7 Å². The Morgan fingerprint density at radius 3 is 3.08 bits per heavy atom. The van der Waals surface area contributed by atoms with Crippen molar-refractivity contribution in [3.63, 3.8) is 0 Å². The van der Waals surface area contributed by atoms with Crippen LogP contribution in [0.3, 0.4) is 0 Å². The van der Waals surface area contributed by atoms with Crippen LogP contribution in [0.1, 0.15) is 19.2 Å². The van der Waals surface area contributed by atoms with Gasteiger partial charge in [-0.15, -0.1) is 0 Å². The molecule has 0 atom stereocenters. The van der Waals surface area contributed by atoms with Crippen LogP contribution in [-0.2, 0) is 17.7 Å². The maximum atomic E-state index is 5.01. The van der Waals surface area contributed by atoms with E-state index in [1.807, 2.05) is 6.20 Å². The molecular weight excluding hydrogens is 152 g/mol. The molecule has 1 aromatic heterocycles. The minimum atomic E-state index is 0.777. The Morgan fingerprint density at radius 2 is 2.42 bits per heavy atom. The Labute approximate surface area is 73.4 Å². The van der Waals surface area contributed by atoms with Crippen molar-refractivity contribution >= 4 is 0 Å². The second kappa shape index (κ2) is 4.93. The average Bonchev–Trinajstić information content (AvgIpc) is 2.50. The van der Waals surface area contributed by atoms with Crippen molar-refractivity contribution in [2.45, 2.75) is 26.3 Å². The second-order valence-corrected chi connectivity index (χ2v) is 2.84. The van der Waals surface area contributed by atoms with Gasteiger partial charge in [0, 0.05) is 13.5 Å². The van der Waals surface area contributed by atoms with Crippen LogP contribution in [0, 0.1) is 0 Å². The summed E-state index contributed by atoms with van der Waals surface area (Å²) in [4.78, 5) is 3.22. The molecule has 68 valence electrons. The van der Waals surface area contributed by atoms with Crippen molar-refractivity contribution in [1.82, 2.24) is 4.98 Å². The molecule has 1 heterocycles. The number of nitrogens with zero attached hydrogens (tertiary/aromatic N) is 1. The van der Waals surface area contributed by atoms with Gasteiger partial charge in [-0.3, -0.25) is 0 Å². The van der Waals surface area contributed by atoms with E-state index in [0.717, 1.165) is 19.6 Å². The zero-order valence-electron chi connectivity index (χ0n) is 7.84. The van der Waals surface area contributed by atoms with Crippen LogP contribution in [0.5, 0.6) is 0 Å². The molecule has 0 aliphatic heterocycles. The van der Waals surface area contributed by atoms with Crippen LogP contribution in [0.4, 0.5) is 0 Å². The summed E-state index contributed by atoms with van der Waals surface area (Å²) in [7, 11) is 1.73. The molecule has 0 bridgehead atoms. The fraction of sp³-hybridized carbons (Fsp3) is 0.667. The number of imidazole rings is 1. The van der Waals surface area contributed by atoms with E-state index in [2.05, 4.69) is 22.7 Å². The first-order valence-electron chi connectivity index (χ1n) is 4.43. The number of ether oxygens (including phenoxy) is 1. The molecule has 0 saturated carbocycles. The van der Waals surface area contributed by atoms with E-state index in [-0.39, 0.29) is 0 Å². The molecule has 1 N–H and O–H groups in total. The Bertz CT molecular complexity index is 220. The van der Waals surface area contributed by atoms with Gasteiger partial charge in [-0.2, -0.15) is 0 Å². The molecule has 0 spiro atoms. The zero-order chi connectivity index (χ0) is 8.81. The molecule has 3 heteroatoms. The first kappa shape index (κ1) is 9.26. The van der Waals surface area contributed by atoms with Crippen molar-refractivity contribution < 1.29 is 9.30 Å². The van der Waals surface area contributed by atoms with E-state index < -0.39 is 0 Å². The van der Waals surface area contributed by atoms with Crippen LogP contribution >= 0.6 is 0 Å². The predicted molar refractivity (Wildman–Crippen MR) is 46.9 cm³/mol. The summed E-state index contributed by atoms with van der Waals surface area (Å²) < 4.78 is 7.21. The summed E-state index contributed by atoms with van der Waals surface area (Å²) in [6, 6.07) is 0. The van der Waals surface area contributed by atoms with E-state index in [0.29, 0.717) is 0 Å². The maximum Gasteiger partial charge on any atom is 0.254 e. The summed E-state index contributed by atoms with van der Waals surface area (Å²) in [5.74, 6) is 1.29. The zero-order valence-corrected chi connectivity index (χ0v) is 7.84. The van der Waals surface area contributed by atoms with Crippen molar-refractivity contribution in [2.24, 2.45) is 0 Å². The van der Waals surface area contributed by atoms with Gasteiger partial charge in [0.2, 0.25) is 0 Å². The monoisotopic (exact) mass is 169 g/mol. The number of H-pyrrole nitrogens is 1. The highest BCUT2D eigenvalue weighted by Crippen LogP contribution is 1.91. The van der Waals surface area contributed by atoms with E-state index >= 15 is 0 Å². The van der Waals surface area contributed by atoms with Crippen LogP contribution in [0.2, 0.25) is 0 Å². The quantitative estimate of drug-likeness (QED) is 0.652. The normalized spacial score (nSPS) is 10.5. The Hall–Kier alpha value is -0.830. The molecule has 0 amide bonds. The molecule has 0 saturated heterocycles. The van der Waals surface area contributed by atoms with Gasteiger partial charge in [0.25, 0.3) is 5.82 Å². The van der Waals surface area contributed by atoms with Gasteiger partial charge in [0.05, 0.1) is 6.61 Å². The highest BCUT2D eigenvalue weighted by atomic mass is 16.5. The lowest BCUT2D eigenvalue weighted by Gasteiger charge is -1.98. The molecule has 0 unspecified atom stereocenters. The molecule has 0 radical (unpaired) electrons. The van der Waals surface area contributed by atoms with Gasteiger partial charge in [0.15, 0.2) is 0 Å². The van der Waals surface area contributed by atoms with Crippen molar-refractivity contribution in [1.29, 1.82) is 0 Å². The molecule has 0 aliphatic carbocycles. The molecule has 1 rings (SSSR count). The third-order valence-electron chi connectivity index (χ3n) is 1.87. The SMILES string of the molecule is CCCc1[nH]cc[n+]1CCOC. The van der Waals surface area contributed by atoms with Crippen LogP contribution in [0.25, 0.3) is 0 Å². The number of hydrogen-bond acceptors (Lipinski definition) is 1. The minimum absolute atomic E-state index is 0.777. The number of methoxy groups -OCH3 is 1. The molecule has 12 heavy (non-hydrogen) atoms.